The lowest BCUT2D eigenvalue weighted by molar-refractivity contribution is 0.0663. The van der Waals surface area contributed by atoms with E-state index < -0.39 is 0 Å². The molecular weight excluding hydrogens is 358 g/mol. The highest BCUT2D eigenvalue weighted by Crippen LogP contribution is 2.19. The van der Waals surface area contributed by atoms with E-state index in [2.05, 4.69) is 21.8 Å². The Balaban J connectivity index is 1.38. The summed E-state index contributed by atoms with van der Waals surface area (Å²) in [5, 5.41) is 0. The van der Waals surface area contributed by atoms with Crippen molar-refractivity contribution in [1.82, 2.24) is 19.7 Å². The number of rotatable bonds is 3. The van der Waals surface area contributed by atoms with Crippen molar-refractivity contribution >= 4 is 17.5 Å². The molecule has 0 saturated carbocycles. The molecule has 8 nitrogen and oxygen atoms in total. The summed E-state index contributed by atoms with van der Waals surface area (Å²) in [6, 6.07) is 5.32. The van der Waals surface area contributed by atoms with Crippen molar-refractivity contribution in [2.24, 2.45) is 0 Å². The number of carbonyl (C=O) groups excluding carboxylic acids is 2. The first kappa shape index (κ1) is 18.5. The van der Waals surface area contributed by atoms with Crippen LogP contribution in [0.15, 0.2) is 41.3 Å². The third-order valence-electron chi connectivity index (χ3n) is 5.43. The zero-order chi connectivity index (χ0) is 19.5. The molecule has 0 atom stereocenters. The highest BCUT2D eigenvalue weighted by molar-refractivity contribution is 5.95. The topological polar surface area (TPSA) is 73.1 Å². The normalized spacial score (nSPS) is 18.4. The highest BCUT2D eigenvalue weighted by atomic mass is 16.3. The van der Waals surface area contributed by atoms with Gasteiger partial charge in [-0.05, 0) is 25.2 Å². The molecule has 0 bridgehead atoms. The Labute approximate surface area is 164 Å². The van der Waals surface area contributed by atoms with Gasteiger partial charge in [0.25, 0.3) is 11.8 Å². The van der Waals surface area contributed by atoms with Gasteiger partial charge in [0, 0.05) is 58.6 Å². The number of nitrogens with zero attached hydrogens (tertiary/aromatic N) is 5. The summed E-state index contributed by atoms with van der Waals surface area (Å²) in [7, 11) is 2.07. The van der Waals surface area contributed by atoms with Gasteiger partial charge in [0.1, 0.15) is 0 Å². The summed E-state index contributed by atoms with van der Waals surface area (Å²) in [6.45, 7) is 5.88. The number of aromatic nitrogens is 1. The molecule has 0 unspecified atom stereocenters. The van der Waals surface area contributed by atoms with Crippen LogP contribution in [0.5, 0.6) is 0 Å². The van der Waals surface area contributed by atoms with Crippen molar-refractivity contribution < 1.29 is 14.0 Å². The molecule has 0 aliphatic carbocycles. The maximum absolute atomic E-state index is 12.8. The van der Waals surface area contributed by atoms with Gasteiger partial charge >= 0.3 is 0 Å². The highest BCUT2D eigenvalue weighted by Gasteiger charge is 2.25. The predicted molar refractivity (Wildman–Crippen MR) is 104 cm³/mol. The van der Waals surface area contributed by atoms with Gasteiger partial charge < -0.3 is 24.0 Å². The zero-order valence-electron chi connectivity index (χ0n) is 16.1. The summed E-state index contributed by atoms with van der Waals surface area (Å²) in [6.07, 6.45) is 4.93. The first-order valence-corrected chi connectivity index (χ1v) is 9.62. The number of carbonyl (C=O) groups is 2. The molecule has 2 fully saturated rings. The van der Waals surface area contributed by atoms with E-state index in [1.807, 2.05) is 11.0 Å². The number of amides is 2. The smallest absolute Gasteiger partial charge is 0.289 e. The predicted octanol–water partition coefficient (Wildman–Crippen LogP) is 1.02. The molecule has 28 heavy (non-hydrogen) atoms. The minimum Gasteiger partial charge on any atom is -0.459 e. The second kappa shape index (κ2) is 8.02. The Morgan fingerprint density at radius 3 is 2.29 bits per heavy atom. The van der Waals surface area contributed by atoms with E-state index in [-0.39, 0.29) is 11.8 Å². The van der Waals surface area contributed by atoms with Crippen molar-refractivity contribution in [3.8, 4) is 0 Å². The number of likely N-dealkylation sites (N-methyl/N-ethyl adjacent to an activating group) is 1. The van der Waals surface area contributed by atoms with Gasteiger partial charge in [0.2, 0.25) is 0 Å². The van der Waals surface area contributed by atoms with Gasteiger partial charge in [-0.25, -0.2) is 0 Å². The molecule has 0 N–H and O–H groups in total. The number of anilines is 1. The largest absolute Gasteiger partial charge is 0.459 e. The Morgan fingerprint density at radius 1 is 0.929 bits per heavy atom. The molecule has 2 aromatic heterocycles. The van der Waals surface area contributed by atoms with Crippen LogP contribution in [0.1, 0.15) is 20.9 Å². The first-order valence-electron chi connectivity index (χ1n) is 9.62. The lowest BCUT2D eigenvalue weighted by atomic mass is 10.2. The molecule has 2 aromatic rings. The monoisotopic (exact) mass is 383 g/mol. The summed E-state index contributed by atoms with van der Waals surface area (Å²) >= 11 is 0. The van der Waals surface area contributed by atoms with Crippen LogP contribution in [0.2, 0.25) is 0 Å². The third-order valence-corrected chi connectivity index (χ3v) is 5.43. The van der Waals surface area contributed by atoms with Crippen molar-refractivity contribution in [1.29, 1.82) is 0 Å². The first-order chi connectivity index (χ1) is 13.6. The fourth-order valence-electron chi connectivity index (χ4n) is 3.63. The SMILES string of the molecule is CN1CCN(C(=O)c2cncc(N3CCN(C(=O)c4ccco4)CC3)c2)CC1. The van der Waals surface area contributed by atoms with E-state index >= 15 is 0 Å². The lowest BCUT2D eigenvalue weighted by Gasteiger charge is -2.36. The van der Waals surface area contributed by atoms with Crippen molar-refractivity contribution in [3.05, 3.63) is 48.2 Å². The van der Waals surface area contributed by atoms with Gasteiger partial charge in [0.05, 0.1) is 23.7 Å². The summed E-state index contributed by atoms with van der Waals surface area (Å²) < 4.78 is 5.21. The Bertz CT molecular complexity index is 822. The molecule has 8 heteroatoms. The van der Waals surface area contributed by atoms with Crippen molar-refractivity contribution in [2.45, 2.75) is 0 Å². The minimum absolute atomic E-state index is 0.0362. The zero-order valence-corrected chi connectivity index (χ0v) is 16.1. The number of furan rings is 1. The summed E-state index contributed by atoms with van der Waals surface area (Å²) in [5.41, 5.74) is 1.54. The van der Waals surface area contributed by atoms with Crippen molar-refractivity contribution in [3.63, 3.8) is 0 Å². The summed E-state index contributed by atoms with van der Waals surface area (Å²) in [4.78, 5) is 37.6. The average Bonchev–Trinajstić information content (AvgIpc) is 3.28. The Hall–Kier alpha value is -2.87. The molecule has 2 aliphatic rings. The van der Waals surface area contributed by atoms with Gasteiger partial charge in [0.15, 0.2) is 5.76 Å². The molecule has 4 rings (SSSR count). The van der Waals surface area contributed by atoms with E-state index in [4.69, 9.17) is 4.42 Å². The molecule has 148 valence electrons. The van der Waals surface area contributed by atoms with Crippen molar-refractivity contribution in [2.75, 3.05) is 64.3 Å². The van der Waals surface area contributed by atoms with Gasteiger partial charge in [-0.3, -0.25) is 14.6 Å². The fraction of sp³-hybridized carbons (Fsp3) is 0.450. The number of hydrogen-bond donors (Lipinski definition) is 0. The minimum atomic E-state index is -0.0817. The molecule has 0 spiro atoms. The van der Waals surface area contributed by atoms with Crippen LogP contribution in [0, 0.1) is 0 Å². The van der Waals surface area contributed by atoms with Crippen LogP contribution >= 0.6 is 0 Å². The molecule has 0 aromatic carbocycles. The summed E-state index contributed by atoms with van der Waals surface area (Å²) in [5.74, 6) is 0.325. The van der Waals surface area contributed by atoms with Crippen LogP contribution < -0.4 is 4.90 Å². The van der Waals surface area contributed by atoms with Gasteiger partial charge in [-0.1, -0.05) is 0 Å². The van der Waals surface area contributed by atoms with Gasteiger partial charge in [-0.15, -0.1) is 0 Å². The van der Waals surface area contributed by atoms with E-state index in [9.17, 15) is 9.59 Å². The number of piperazine rings is 2. The quantitative estimate of drug-likeness (QED) is 0.788. The van der Waals surface area contributed by atoms with E-state index in [1.165, 1.54) is 6.26 Å². The maximum atomic E-state index is 12.8. The number of hydrogen-bond acceptors (Lipinski definition) is 6. The van der Waals surface area contributed by atoms with Gasteiger partial charge in [-0.2, -0.15) is 0 Å². The molecule has 2 amide bonds. The Morgan fingerprint density at radius 2 is 1.61 bits per heavy atom. The maximum Gasteiger partial charge on any atom is 0.289 e. The molecule has 2 aliphatic heterocycles. The van der Waals surface area contributed by atoms with Crippen LogP contribution in [0.3, 0.4) is 0 Å². The molecule has 2 saturated heterocycles. The van der Waals surface area contributed by atoms with E-state index in [1.54, 1.807) is 29.4 Å². The fourth-order valence-corrected chi connectivity index (χ4v) is 3.63. The molecule has 0 radical (unpaired) electrons. The van der Waals surface area contributed by atoms with Crippen LogP contribution in [-0.2, 0) is 0 Å². The van der Waals surface area contributed by atoms with E-state index in [0.29, 0.717) is 37.5 Å². The molecular formula is C20H25N5O3. The molecule has 4 heterocycles. The Kier molecular flexibility index (Phi) is 5.29. The van der Waals surface area contributed by atoms with Crippen LogP contribution in [0.4, 0.5) is 5.69 Å². The standard InChI is InChI=1S/C20H25N5O3/c1-22-4-6-24(7-5-22)19(26)16-13-17(15-21-14-16)23-8-10-25(11-9-23)20(27)18-3-2-12-28-18/h2-3,12-15H,4-11H2,1H3. The number of pyridine rings is 1. The van der Waals surface area contributed by atoms with Crippen LogP contribution in [-0.4, -0.2) is 90.9 Å². The van der Waals surface area contributed by atoms with E-state index in [0.717, 1.165) is 31.9 Å². The average molecular weight is 383 g/mol. The second-order valence-corrected chi connectivity index (χ2v) is 7.28. The third kappa shape index (κ3) is 3.87. The van der Waals surface area contributed by atoms with Crippen LogP contribution in [0.25, 0.3) is 0 Å². The second-order valence-electron chi connectivity index (χ2n) is 7.28. The lowest BCUT2D eigenvalue weighted by Crippen LogP contribution is -2.49.